The molecule has 1 saturated heterocycles. The van der Waals surface area contributed by atoms with Crippen molar-refractivity contribution in [3.63, 3.8) is 0 Å². The molecule has 2 rings (SSSR count). The van der Waals surface area contributed by atoms with Crippen LogP contribution < -0.4 is 10.6 Å². The van der Waals surface area contributed by atoms with E-state index in [-0.39, 0.29) is 5.91 Å². The van der Waals surface area contributed by atoms with Crippen LogP contribution in [0.2, 0.25) is 5.02 Å². The number of anilines is 1. The van der Waals surface area contributed by atoms with Crippen LogP contribution in [0.4, 0.5) is 5.69 Å². The van der Waals surface area contributed by atoms with Crippen LogP contribution in [-0.4, -0.2) is 19.0 Å². The zero-order chi connectivity index (χ0) is 13.0. The van der Waals surface area contributed by atoms with Crippen LogP contribution in [0.3, 0.4) is 0 Å². The summed E-state index contributed by atoms with van der Waals surface area (Å²) in [4.78, 5) is 11.9. The lowest BCUT2D eigenvalue weighted by molar-refractivity contribution is -0.117. The molecule has 0 radical (unpaired) electrons. The molecule has 1 aromatic rings. The Morgan fingerprint density at radius 1 is 1.44 bits per heavy atom. The van der Waals surface area contributed by atoms with Gasteiger partial charge in [-0.25, -0.2) is 0 Å². The van der Waals surface area contributed by atoms with Crippen molar-refractivity contribution in [1.29, 1.82) is 0 Å². The van der Waals surface area contributed by atoms with Crippen molar-refractivity contribution in [1.82, 2.24) is 5.32 Å². The molecule has 0 aromatic heterocycles. The van der Waals surface area contributed by atoms with Crippen LogP contribution in [0.25, 0.3) is 0 Å². The molecule has 1 aliphatic rings. The summed E-state index contributed by atoms with van der Waals surface area (Å²) in [7, 11) is 0. The summed E-state index contributed by atoms with van der Waals surface area (Å²) in [5.41, 5.74) is 0.752. The van der Waals surface area contributed by atoms with Crippen LogP contribution in [0.1, 0.15) is 19.3 Å². The summed E-state index contributed by atoms with van der Waals surface area (Å²) >= 11 is 9.31. The van der Waals surface area contributed by atoms with Gasteiger partial charge in [0.1, 0.15) is 0 Å². The number of halogens is 2. The summed E-state index contributed by atoms with van der Waals surface area (Å²) < 4.78 is 0.834. The van der Waals surface area contributed by atoms with Crippen molar-refractivity contribution in [3.05, 3.63) is 27.7 Å². The topological polar surface area (TPSA) is 41.1 Å². The highest BCUT2D eigenvalue weighted by molar-refractivity contribution is 9.10. The molecule has 0 unspecified atom stereocenters. The Hall–Kier alpha value is -0.580. The average molecular weight is 332 g/mol. The molecular formula is C13H16BrClN2O. The number of carbonyl (C=O) groups is 1. The Morgan fingerprint density at radius 2 is 2.17 bits per heavy atom. The van der Waals surface area contributed by atoms with Gasteiger partial charge in [0.2, 0.25) is 5.91 Å². The second-order valence-electron chi connectivity index (χ2n) is 4.57. The highest BCUT2D eigenvalue weighted by Gasteiger charge is 2.16. The van der Waals surface area contributed by atoms with E-state index in [1.54, 1.807) is 6.07 Å². The van der Waals surface area contributed by atoms with Gasteiger partial charge < -0.3 is 10.6 Å². The summed E-state index contributed by atoms with van der Waals surface area (Å²) in [6, 6.07) is 5.44. The lowest BCUT2D eigenvalue weighted by Crippen LogP contribution is -2.30. The van der Waals surface area contributed by atoms with Crippen molar-refractivity contribution in [2.75, 3.05) is 18.4 Å². The number of piperidine rings is 1. The van der Waals surface area contributed by atoms with Crippen LogP contribution in [0.15, 0.2) is 22.7 Å². The number of rotatable bonds is 3. The third-order valence-electron chi connectivity index (χ3n) is 3.14. The lowest BCUT2D eigenvalue weighted by atomic mass is 9.94. The Bertz CT molecular complexity index is 433. The molecule has 2 N–H and O–H groups in total. The molecule has 1 amide bonds. The van der Waals surface area contributed by atoms with Crippen molar-refractivity contribution < 1.29 is 4.79 Å². The van der Waals surface area contributed by atoms with E-state index in [2.05, 4.69) is 26.6 Å². The Labute approximate surface area is 120 Å². The van der Waals surface area contributed by atoms with Crippen LogP contribution in [0.5, 0.6) is 0 Å². The molecule has 3 nitrogen and oxygen atoms in total. The molecule has 0 atom stereocenters. The van der Waals surface area contributed by atoms with Gasteiger partial charge in [-0.2, -0.15) is 0 Å². The average Bonchev–Trinajstić information content (AvgIpc) is 2.35. The number of carbonyl (C=O) groups excluding carboxylic acids is 1. The number of amides is 1. The minimum atomic E-state index is 0.0697. The first-order valence-corrected chi connectivity index (χ1v) is 7.28. The van der Waals surface area contributed by atoms with E-state index in [4.69, 9.17) is 11.6 Å². The van der Waals surface area contributed by atoms with E-state index in [1.807, 2.05) is 12.1 Å². The normalized spacial score (nSPS) is 16.6. The summed E-state index contributed by atoms with van der Waals surface area (Å²) in [6.45, 7) is 2.03. The summed E-state index contributed by atoms with van der Waals surface area (Å²) in [6.07, 6.45) is 2.75. The van der Waals surface area contributed by atoms with Gasteiger partial charge in [0.05, 0.1) is 5.02 Å². The standard InChI is InChI=1S/C13H16BrClN2O/c14-11-2-1-10(8-12(11)15)17-13(18)7-9-3-5-16-6-4-9/h1-2,8-9,16H,3-7H2,(H,17,18). The Balaban J connectivity index is 1.88. The minimum absolute atomic E-state index is 0.0697. The van der Waals surface area contributed by atoms with Gasteiger partial charge >= 0.3 is 0 Å². The molecule has 1 heterocycles. The summed E-state index contributed by atoms with van der Waals surface area (Å²) in [5.74, 6) is 0.567. The maximum Gasteiger partial charge on any atom is 0.224 e. The van der Waals surface area contributed by atoms with E-state index in [0.717, 1.165) is 36.1 Å². The molecule has 18 heavy (non-hydrogen) atoms. The van der Waals surface area contributed by atoms with Crippen LogP contribution in [-0.2, 0) is 4.79 Å². The third-order valence-corrected chi connectivity index (χ3v) is 4.37. The van der Waals surface area contributed by atoms with Crippen molar-refractivity contribution >= 4 is 39.1 Å². The predicted molar refractivity (Wildman–Crippen MR) is 78.0 cm³/mol. The smallest absolute Gasteiger partial charge is 0.224 e. The summed E-state index contributed by atoms with van der Waals surface area (Å²) in [5, 5.41) is 6.80. The molecule has 1 fully saturated rings. The monoisotopic (exact) mass is 330 g/mol. The number of hydrogen-bond donors (Lipinski definition) is 2. The highest BCUT2D eigenvalue weighted by atomic mass is 79.9. The molecular weight excluding hydrogens is 316 g/mol. The quantitative estimate of drug-likeness (QED) is 0.891. The van der Waals surface area contributed by atoms with Crippen LogP contribution in [0, 0.1) is 5.92 Å². The van der Waals surface area contributed by atoms with E-state index >= 15 is 0 Å². The predicted octanol–water partition coefficient (Wildman–Crippen LogP) is 3.43. The second-order valence-corrected chi connectivity index (χ2v) is 5.84. The SMILES string of the molecule is O=C(CC1CCNCC1)Nc1ccc(Br)c(Cl)c1. The first-order valence-electron chi connectivity index (χ1n) is 6.11. The fourth-order valence-corrected chi connectivity index (χ4v) is 2.56. The molecule has 0 saturated carbocycles. The highest BCUT2D eigenvalue weighted by Crippen LogP contribution is 2.26. The fraction of sp³-hybridized carbons (Fsp3) is 0.462. The maximum absolute atomic E-state index is 11.9. The van der Waals surface area contributed by atoms with E-state index in [1.165, 1.54) is 0 Å². The Morgan fingerprint density at radius 3 is 2.83 bits per heavy atom. The van der Waals surface area contributed by atoms with E-state index < -0.39 is 0 Å². The fourth-order valence-electron chi connectivity index (χ4n) is 2.13. The molecule has 1 aliphatic heterocycles. The van der Waals surface area contributed by atoms with Gasteiger partial charge in [0.25, 0.3) is 0 Å². The Kier molecular flexibility index (Phi) is 5.03. The van der Waals surface area contributed by atoms with Gasteiger partial charge in [-0.3, -0.25) is 4.79 Å². The van der Waals surface area contributed by atoms with Gasteiger partial charge in [-0.15, -0.1) is 0 Å². The number of benzene rings is 1. The van der Waals surface area contributed by atoms with E-state index in [9.17, 15) is 4.79 Å². The van der Waals surface area contributed by atoms with Gasteiger partial charge in [-0.05, 0) is 66.0 Å². The van der Waals surface area contributed by atoms with Crippen LogP contribution >= 0.6 is 27.5 Å². The molecule has 98 valence electrons. The maximum atomic E-state index is 11.9. The zero-order valence-corrected chi connectivity index (χ0v) is 12.4. The van der Waals surface area contributed by atoms with E-state index in [0.29, 0.717) is 17.4 Å². The van der Waals surface area contributed by atoms with Crippen molar-refractivity contribution in [3.8, 4) is 0 Å². The van der Waals surface area contributed by atoms with Gasteiger partial charge in [0, 0.05) is 16.6 Å². The first kappa shape index (κ1) is 13.8. The van der Waals surface area contributed by atoms with Crippen molar-refractivity contribution in [2.45, 2.75) is 19.3 Å². The lowest BCUT2D eigenvalue weighted by Gasteiger charge is -2.21. The largest absolute Gasteiger partial charge is 0.326 e. The molecule has 0 bridgehead atoms. The molecule has 1 aromatic carbocycles. The van der Waals surface area contributed by atoms with Crippen molar-refractivity contribution in [2.24, 2.45) is 5.92 Å². The molecule has 0 aliphatic carbocycles. The second kappa shape index (κ2) is 6.55. The number of hydrogen-bond acceptors (Lipinski definition) is 2. The zero-order valence-electron chi connectivity index (χ0n) is 10.0. The number of nitrogens with one attached hydrogen (secondary N) is 2. The minimum Gasteiger partial charge on any atom is -0.326 e. The third kappa shape index (κ3) is 3.97. The molecule has 5 heteroatoms. The molecule has 0 spiro atoms. The van der Waals surface area contributed by atoms with Gasteiger partial charge in [-0.1, -0.05) is 11.6 Å². The van der Waals surface area contributed by atoms with Gasteiger partial charge in [0.15, 0.2) is 0 Å². The first-order chi connectivity index (χ1) is 8.65.